The lowest BCUT2D eigenvalue weighted by molar-refractivity contribution is -0.131. The first-order valence-electron chi connectivity index (χ1n) is 16.4. The first kappa shape index (κ1) is 33.2. The molecule has 0 saturated heterocycles. The number of aryl methyl sites for hydroxylation is 2. The summed E-state index contributed by atoms with van der Waals surface area (Å²) in [6.45, 7) is 3.57. The monoisotopic (exact) mass is 664 g/mol. The summed E-state index contributed by atoms with van der Waals surface area (Å²) in [5, 5.41) is 14.5. The van der Waals surface area contributed by atoms with Gasteiger partial charge in [0.15, 0.2) is 11.5 Å². The summed E-state index contributed by atoms with van der Waals surface area (Å²) < 4.78 is 13.3. The van der Waals surface area contributed by atoms with Gasteiger partial charge >= 0.3 is 0 Å². The minimum Gasteiger partial charge on any atom is -0.493 e. The van der Waals surface area contributed by atoms with Crippen molar-refractivity contribution in [3.05, 3.63) is 101 Å². The molecule has 0 aliphatic carbocycles. The second kappa shape index (κ2) is 15.5. The molecule has 6 rings (SSSR count). The van der Waals surface area contributed by atoms with Crippen LogP contribution in [0, 0.1) is 6.92 Å². The lowest BCUT2D eigenvalue weighted by atomic mass is 10.0. The number of nitrogens with zero attached hydrogens (tertiary/aromatic N) is 5. The number of fused-ring (bicyclic) bond motifs is 4. The van der Waals surface area contributed by atoms with Gasteiger partial charge in [0.05, 0.1) is 42.4 Å². The Morgan fingerprint density at radius 2 is 1.88 bits per heavy atom. The third-order valence-electron chi connectivity index (χ3n) is 8.40. The first-order chi connectivity index (χ1) is 23.9. The van der Waals surface area contributed by atoms with E-state index in [4.69, 9.17) is 9.47 Å². The van der Waals surface area contributed by atoms with Crippen LogP contribution >= 0.6 is 0 Å². The zero-order chi connectivity index (χ0) is 34.2. The van der Waals surface area contributed by atoms with Gasteiger partial charge in [-0.1, -0.05) is 47.7 Å². The molecule has 3 amide bonds. The molecule has 3 N–H and O–H groups in total. The molecule has 0 spiro atoms. The molecule has 0 fully saturated rings. The molecule has 0 radical (unpaired) electrons. The number of carbonyl (C=O) groups is 3. The summed E-state index contributed by atoms with van der Waals surface area (Å²) in [5.74, 6) is 0.606. The fraction of sp³-hybridized carbons (Fsp3) is 0.333. The van der Waals surface area contributed by atoms with E-state index in [0.717, 1.165) is 33.7 Å². The van der Waals surface area contributed by atoms with E-state index in [1.54, 1.807) is 27.8 Å². The Hall–Kier alpha value is -5.72. The normalized spacial score (nSPS) is 16.4. The van der Waals surface area contributed by atoms with Crippen molar-refractivity contribution in [2.75, 3.05) is 33.4 Å². The van der Waals surface area contributed by atoms with Crippen molar-refractivity contribution in [1.82, 2.24) is 40.5 Å². The molecule has 3 aromatic carbocycles. The second-order valence-electron chi connectivity index (χ2n) is 12.0. The van der Waals surface area contributed by atoms with E-state index in [2.05, 4.69) is 30.9 Å². The Morgan fingerprint density at radius 3 is 2.71 bits per heavy atom. The molecule has 1 aliphatic rings. The van der Waals surface area contributed by atoms with Gasteiger partial charge in [-0.3, -0.25) is 19.1 Å². The number of H-pyrrole nitrogens is 1. The molecule has 254 valence electrons. The van der Waals surface area contributed by atoms with Crippen molar-refractivity contribution in [1.29, 1.82) is 0 Å². The summed E-state index contributed by atoms with van der Waals surface area (Å²) in [6.07, 6.45) is 3.40. The van der Waals surface area contributed by atoms with Crippen molar-refractivity contribution in [2.45, 2.75) is 45.2 Å². The highest BCUT2D eigenvalue weighted by molar-refractivity contribution is 6.00. The topological polar surface area (TPSA) is 156 Å². The lowest BCUT2D eigenvalue weighted by Crippen LogP contribution is -2.50. The van der Waals surface area contributed by atoms with Crippen LogP contribution in [0.5, 0.6) is 11.5 Å². The number of nitrogens with one attached hydrogen (secondary N) is 3. The van der Waals surface area contributed by atoms with Crippen LogP contribution in [-0.4, -0.2) is 87.0 Å². The fourth-order valence-corrected chi connectivity index (χ4v) is 5.89. The Bertz CT molecular complexity index is 1920. The Kier molecular flexibility index (Phi) is 10.5. The number of carbonyl (C=O) groups excluding carboxylic acids is 3. The number of aromatic amines is 1. The van der Waals surface area contributed by atoms with Gasteiger partial charge in [0, 0.05) is 51.6 Å². The number of aromatic nitrogens is 5. The van der Waals surface area contributed by atoms with Gasteiger partial charge in [0.25, 0.3) is 5.91 Å². The maximum atomic E-state index is 13.7. The van der Waals surface area contributed by atoms with E-state index < -0.39 is 11.9 Å². The van der Waals surface area contributed by atoms with Gasteiger partial charge in [-0.15, -0.1) is 5.10 Å². The van der Waals surface area contributed by atoms with E-state index in [-0.39, 0.29) is 49.9 Å². The van der Waals surface area contributed by atoms with Crippen LogP contribution in [0.4, 0.5) is 0 Å². The SMILES string of the molecule is COc1cccc2c1OCCCn1cc(nn1)CCN(C(=O)Cc1ccc3nc(C)[nH]c3c1)CCNC(=O)[C@H](Cc1ccccc1)NC2=O. The fourth-order valence-electron chi connectivity index (χ4n) is 5.89. The van der Waals surface area contributed by atoms with Gasteiger partial charge in [-0.25, -0.2) is 4.98 Å². The minimum atomic E-state index is -0.890. The molecular formula is C36H40N8O5. The van der Waals surface area contributed by atoms with Gasteiger partial charge < -0.3 is 30.0 Å². The summed E-state index contributed by atoms with van der Waals surface area (Å²) in [5.41, 5.74) is 4.47. The van der Waals surface area contributed by atoms with Crippen LogP contribution in [0.3, 0.4) is 0 Å². The second-order valence-corrected chi connectivity index (χ2v) is 12.0. The standard InChI is InChI=1S/C36H40N8O5/c1-24-38-29-13-12-26(21-30(29)39-24)22-33(45)43-17-14-27-23-44(42-41-27)16-7-19-49-34-28(10-6-11-32(34)48-2)35(46)40-31(36(47)37-15-18-43)20-25-8-4-3-5-9-25/h3-6,8-13,21,23,31H,7,14-20,22H2,1-2H3,(H,37,47)(H,38,39)(H,40,46)/t31-/m0/s1. The van der Waals surface area contributed by atoms with Crippen LogP contribution in [0.15, 0.2) is 72.9 Å². The summed E-state index contributed by atoms with van der Waals surface area (Å²) in [6, 6.07) is 19.4. The highest BCUT2D eigenvalue weighted by Gasteiger charge is 2.26. The van der Waals surface area contributed by atoms with Crippen LogP contribution in [0.2, 0.25) is 0 Å². The van der Waals surface area contributed by atoms with E-state index in [9.17, 15) is 14.4 Å². The van der Waals surface area contributed by atoms with Gasteiger partial charge in [0.2, 0.25) is 11.8 Å². The predicted octanol–water partition coefficient (Wildman–Crippen LogP) is 3.03. The van der Waals surface area contributed by atoms with E-state index >= 15 is 0 Å². The molecule has 13 heteroatoms. The highest BCUT2D eigenvalue weighted by Crippen LogP contribution is 2.31. The molecule has 2 bridgehead atoms. The zero-order valence-corrected chi connectivity index (χ0v) is 27.6. The number of para-hydroxylation sites is 1. The molecule has 0 saturated carbocycles. The third kappa shape index (κ3) is 8.42. The summed E-state index contributed by atoms with van der Waals surface area (Å²) in [4.78, 5) is 50.5. The van der Waals surface area contributed by atoms with Crippen molar-refractivity contribution >= 4 is 28.8 Å². The highest BCUT2D eigenvalue weighted by atomic mass is 16.5. The number of benzene rings is 3. The number of hydrogen-bond donors (Lipinski definition) is 3. The third-order valence-corrected chi connectivity index (χ3v) is 8.40. The van der Waals surface area contributed by atoms with Crippen LogP contribution in [0.1, 0.15) is 39.4 Å². The molecule has 1 aliphatic heterocycles. The molecule has 2 aromatic heterocycles. The number of methoxy groups -OCH3 is 1. The van der Waals surface area contributed by atoms with Crippen molar-refractivity contribution in [3.8, 4) is 11.5 Å². The minimum absolute atomic E-state index is 0.0834. The zero-order valence-electron chi connectivity index (χ0n) is 27.6. The maximum Gasteiger partial charge on any atom is 0.255 e. The van der Waals surface area contributed by atoms with Crippen LogP contribution < -0.4 is 20.1 Å². The van der Waals surface area contributed by atoms with Crippen LogP contribution in [-0.2, 0) is 35.4 Å². The van der Waals surface area contributed by atoms with E-state index in [1.807, 2.05) is 61.7 Å². The summed E-state index contributed by atoms with van der Waals surface area (Å²) >= 11 is 0. The predicted molar refractivity (Wildman–Crippen MR) is 182 cm³/mol. The smallest absolute Gasteiger partial charge is 0.255 e. The Morgan fingerprint density at radius 1 is 1.02 bits per heavy atom. The molecule has 0 unspecified atom stereocenters. The lowest BCUT2D eigenvalue weighted by Gasteiger charge is -2.24. The van der Waals surface area contributed by atoms with Crippen molar-refractivity contribution < 1.29 is 23.9 Å². The number of ether oxygens (including phenoxy) is 2. The number of amides is 3. The average molecular weight is 665 g/mol. The summed E-state index contributed by atoms with van der Waals surface area (Å²) in [7, 11) is 1.51. The van der Waals surface area contributed by atoms with Gasteiger partial charge in [-0.05, 0) is 42.3 Å². The largest absolute Gasteiger partial charge is 0.493 e. The number of rotatable bonds is 5. The Labute approximate surface area is 284 Å². The van der Waals surface area contributed by atoms with Gasteiger partial charge in [-0.2, -0.15) is 0 Å². The molecular weight excluding hydrogens is 624 g/mol. The number of imidazole rings is 1. The number of hydrogen-bond acceptors (Lipinski definition) is 8. The maximum absolute atomic E-state index is 13.7. The van der Waals surface area contributed by atoms with Crippen molar-refractivity contribution in [2.24, 2.45) is 0 Å². The van der Waals surface area contributed by atoms with Crippen LogP contribution in [0.25, 0.3) is 11.0 Å². The first-order valence-corrected chi connectivity index (χ1v) is 16.4. The van der Waals surface area contributed by atoms with Gasteiger partial charge in [0.1, 0.15) is 11.9 Å². The molecule has 13 nitrogen and oxygen atoms in total. The van der Waals surface area contributed by atoms with E-state index in [1.165, 1.54) is 7.11 Å². The van der Waals surface area contributed by atoms with E-state index in [0.29, 0.717) is 37.4 Å². The molecule has 5 aromatic rings. The van der Waals surface area contributed by atoms with Crippen molar-refractivity contribution in [3.63, 3.8) is 0 Å². The molecule has 3 heterocycles. The molecule has 1 atom stereocenters. The average Bonchev–Trinajstić information content (AvgIpc) is 3.72. The Balaban J connectivity index is 1.24. The quantitative estimate of drug-likeness (QED) is 0.259. The molecule has 49 heavy (non-hydrogen) atoms.